The summed E-state index contributed by atoms with van der Waals surface area (Å²) in [6, 6.07) is 28.7. The fraction of sp³-hybridized carbons (Fsp3) is 0.400. The largest absolute Gasteiger partial charge is 0.453 e. The van der Waals surface area contributed by atoms with E-state index in [4.69, 9.17) is 9.47 Å². The second kappa shape index (κ2) is 20.4. The Morgan fingerprint density at radius 2 is 1.16 bits per heavy atom. The summed E-state index contributed by atoms with van der Waals surface area (Å²) in [6.07, 6.45) is -0.314. The van der Waals surface area contributed by atoms with Gasteiger partial charge in [0.2, 0.25) is 11.8 Å². The van der Waals surface area contributed by atoms with E-state index in [0.29, 0.717) is 6.42 Å². The highest BCUT2D eigenvalue weighted by Crippen LogP contribution is 2.24. The molecule has 4 aromatic rings. The molecular formula is C45H57N5O7. The number of nitrogens with zero attached hydrogens (tertiary/aromatic N) is 1. The van der Waals surface area contributed by atoms with E-state index in [1.54, 1.807) is 6.20 Å². The molecule has 1 aromatic heterocycles. The molecule has 4 rings (SSSR count). The van der Waals surface area contributed by atoms with Crippen molar-refractivity contribution in [3.63, 3.8) is 0 Å². The number of amides is 4. The Kier molecular flexibility index (Phi) is 15.8. The van der Waals surface area contributed by atoms with E-state index in [-0.39, 0.29) is 19.4 Å². The number of benzene rings is 3. The molecule has 0 aliphatic rings. The molecule has 304 valence electrons. The molecule has 0 spiro atoms. The van der Waals surface area contributed by atoms with Gasteiger partial charge in [-0.05, 0) is 58.9 Å². The highest BCUT2D eigenvalue weighted by atomic mass is 16.5. The number of hydrogen-bond acceptors (Lipinski definition) is 8. The molecule has 12 nitrogen and oxygen atoms in total. The van der Waals surface area contributed by atoms with Crippen molar-refractivity contribution in [1.29, 1.82) is 0 Å². The lowest BCUT2D eigenvalue weighted by Gasteiger charge is -2.35. The summed E-state index contributed by atoms with van der Waals surface area (Å²) in [6.45, 7) is 11.0. The van der Waals surface area contributed by atoms with Gasteiger partial charge >= 0.3 is 12.2 Å². The average Bonchev–Trinajstić information content (AvgIpc) is 3.18. The van der Waals surface area contributed by atoms with Crippen LogP contribution >= 0.6 is 0 Å². The quantitative estimate of drug-likeness (QED) is 0.0875. The van der Waals surface area contributed by atoms with Gasteiger partial charge in [-0.3, -0.25) is 14.6 Å². The number of aliphatic hydroxyl groups excluding tert-OH is 1. The van der Waals surface area contributed by atoms with Crippen molar-refractivity contribution in [1.82, 2.24) is 26.3 Å². The van der Waals surface area contributed by atoms with Crippen LogP contribution in [0.2, 0.25) is 0 Å². The normalized spacial score (nSPS) is 14.2. The monoisotopic (exact) mass is 779 g/mol. The summed E-state index contributed by atoms with van der Waals surface area (Å²) in [4.78, 5) is 57.8. The third-order valence-corrected chi connectivity index (χ3v) is 9.54. The van der Waals surface area contributed by atoms with Crippen LogP contribution in [0, 0.1) is 10.8 Å². The minimum atomic E-state index is -1.17. The molecule has 0 radical (unpaired) electrons. The third kappa shape index (κ3) is 14.0. The Morgan fingerprint density at radius 3 is 1.70 bits per heavy atom. The smallest absolute Gasteiger partial charge is 0.408 e. The maximum atomic E-state index is 14.1. The number of carbonyl (C=O) groups excluding carboxylic acids is 4. The Balaban J connectivity index is 1.60. The first kappa shape index (κ1) is 44.0. The number of alkyl carbamates (subject to hydrolysis) is 2. The van der Waals surface area contributed by atoms with Crippen molar-refractivity contribution in [3.05, 3.63) is 126 Å². The molecule has 4 amide bonds. The van der Waals surface area contributed by atoms with Crippen molar-refractivity contribution in [3.8, 4) is 11.3 Å². The molecule has 0 bridgehead atoms. The van der Waals surface area contributed by atoms with Crippen LogP contribution in [-0.4, -0.2) is 71.5 Å². The van der Waals surface area contributed by atoms with Gasteiger partial charge in [0.05, 0.1) is 24.9 Å². The van der Waals surface area contributed by atoms with Crippen LogP contribution in [0.15, 0.2) is 109 Å². The molecule has 57 heavy (non-hydrogen) atoms. The summed E-state index contributed by atoms with van der Waals surface area (Å²) < 4.78 is 10.3. The van der Waals surface area contributed by atoms with Crippen LogP contribution in [0.5, 0.6) is 0 Å². The number of ether oxygens (including phenoxy) is 2. The van der Waals surface area contributed by atoms with Gasteiger partial charge < -0.3 is 35.8 Å². The number of methoxy groups -OCH3 is 1. The van der Waals surface area contributed by atoms with Gasteiger partial charge in [0.1, 0.15) is 18.7 Å². The van der Waals surface area contributed by atoms with Crippen LogP contribution in [0.3, 0.4) is 0 Å². The molecule has 0 aliphatic carbocycles. The molecule has 5 unspecified atom stereocenters. The number of rotatable bonds is 16. The van der Waals surface area contributed by atoms with E-state index < -0.39 is 65.1 Å². The second-order valence-corrected chi connectivity index (χ2v) is 16.4. The fourth-order valence-corrected chi connectivity index (χ4v) is 6.39. The van der Waals surface area contributed by atoms with E-state index in [1.807, 2.05) is 145 Å². The van der Waals surface area contributed by atoms with Crippen molar-refractivity contribution >= 4 is 24.0 Å². The topological polar surface area (TPSA) is 168 Å². The lowest BCUT2D eigenvalue weighted by molar-refractivity contribution is -0.128. The molecule has 3 aromatic carbocycles. The SMILES string of the molecule is COC(=O)NC(C(=O)NC(Cc1ccc(-c2ccccn2)cc1)CC(O)C(Cc1ccccc1)NC(=O)C(NC(=O)OCc1ccccc1)C(C)(C)C)C(C)(C)C. The van der Waals surface area contributed by atoms with E-state index >= 15 is 0 Å². The summed E-state index contributed by atoms with van der Waals surface area (Å²) in [5.74, 6) is -0.954. The van der Waals surface area contributed by atoms with Crippen LogP contribution in [0.1, 0.15) is 64.7 Å². The van der Waals surface area contributed by atoms with Gasteiger partial charge in [0.15, 0.2) is 0 Å². The number of nitrogens with one attached hydrogen (secondary N) is 4. The number of carbonyl (C=O) groups is 4. The van der Waals surface area contributed by atoms with Crippen molar-refractivity contribution in [2.24, 2.45) is 10.8 Å². The summed E-state index contributed by atoms with van der Waals surface area (Å²) in [5, 5.41) is 23.6. The predicted octanol–water partition coefficient (Wildman–Crippen LogP) is 6.37. The lowest BCUT2D eigenvalue weighted by Crippen LogP contribution is -2.59. The molecule has 0 saturated heterocycles. The molecule has 0 saturated carbocycles. The first-order valence-corrected chi connectivity index (χ1v) is 19.2. The molecule has 0 fully saturated rings. The zero-order valence-corrected chi connectivity index (χ0v) is 34.0. The van der Waals surface area contributed by atoms with Gasteiger partial charge in [-0.1, -0.05) is 133 Å². The minimum absolute atomic E-state index is 0.0324. The van der Waals surface area contributed by atoms with Crippen LogP contribution in [-0.2, 0) is 38.5 Å². The van der Waals surface area contributed by atoms with Gasteiger partial charge in [-0.25, -0.2) is 9.59 Å². The first-order chi connectivity index (χ1) is 27.0. The summed E-state index contributed by atoms with van der Waals surface area (Å²) in [7, 11) is 1.23. The zero-order valence-electron chi connectivity index (χ0n) is 34.0. The molecule has 5 N–H and O–H groups in total. The standard InChI is InChI=1S/C45H57N5O7/c1-44(2,3)38(49-42(54)56-7)40(52)47-34(26-31-21-23-33(24-22-31)35-20-14-15-25-46-35)28-37(51)36(27-30-16-10-8-11-17-30)48-41(53)39(45(4,5)6)50-43(55)57-29-32-18-12-9-13-19-32/h8-25,34,36-39,51H,26-29H2,1-7H3,(H,47,52)(H,48,53)(H,49,54)(H,50,55). The Labute approximate surface area is 336 Å². The van der Waals surface area contributed by atoms with Crippen LogP contribution in [0.25, 0.3) is 11.3 Å². The van der Waals surface area contributed by atoms with Gasteiger partial charge in [-0.15, -0.1) is 0 Å². The molecule has 1 heterocycles. The Bertz CT molecular complexity index is 1880. The number of aromatic nitrogens is 1. The van der Waals surface area contributed by atoms with Crippen molar-refractivity contribution in [2.45, 2.75) is 97.7 Å². The summed E-state index contributed by atoms with van der Waals surface area (Å²) >= 11 is 0. The second-order valence-electron chi connectivity index (χ2n) is 16.4. The van der Waals surface area contributed by atoms with Crippen molar-refractivity contribution in [2.75, 3.05) is 7.11 Å². The van der Waals surface area contributed by atoms with Gasteiger partial charge in [0.25, 0.3) is 0 Å². The number of aliphatic hydroxyl groups is 1. The Morgan fingerprint density at radius 1 is 0.632 bits per heavy atom. The molecule has 5 atom stereocenters. The lowest BCUT2D eigenvalue weighted by atomic mass is 9.85. The Hall–Kier alpha value is -5.75. The van der Waals surface area contributed by atoms with Gasteiger partial charge in [-0.2, -0.15) is 0 Å². The van der Waals surface area contributed by atoms with E-state index in [1.165, 1.54) is 7.11 Å². The maximum absolute atomic E-state index is 14.1. The van der Waals surface area contributed by atoms with E-state index in [9.17, 15) is 24.3 Å². The average molecular weight is 780 g/mol. The third-order valence-electron chi connectivity index (χ3n) is 9.54. The molecule has 0 aliphatic heterocycles. The summed E-state index contributed by atoms with van der Waals surface area (Å²) in [5.41, 5.74) is 2.87. The van der Waals surface area contributed by atoms with E-state index in [0.717, 1.165) is 27.9 Å². The van der Waals surface area contributed by atoms with Crippen LogP contribution in [0.4, 0.5) is 9.59 Å². The van der Waals surface area contributed by atoms with Gasteiger partial charge in [0, 0.05) is 17.8 Å². The zero-order chi connectivity index (χ0) is 41.6. The minimum Gasteiger partial charge on any atom is -0.453 e. The number of pyridine rings is 1. The molecule has 12 heteroatoms. The highest BCUT2D eigenvalue weighted by molar-refractivity contribution is 5.87. The van der Waals surface area contributed by atoms with E-state index in [2.05, 4.69) is 26.3 Å². The number of hydrogen-bond donors (Lipinski definition) is 5. The molecular weight excluding hydrogens is 723 g/mol. The predicted molar refractivity (Wildman–Crippen MR) is 220 cm³/mol. The highest BCUT2D eigenvalue weighted by Gasteiger charge is 2.37. The van der Waals surface area contributed by atoms with Crippen molar-refractivity contribution < 1.29 is 33.8 Å². The van der Waals surface area contributed by atoms with Crippen LogP contribution < -0.4 is 21.3 Å². The fourth-order valence-electron chi connectivity index (χ4n) is 6.39. The maximum Gasteiger partial charge on any atom is 0.408 e. The first-order valence-electron chi connectivity index (χ1n) is 19.2.